The normalized spacial score (nSPS) is 19.5. The van der Waals surface area contributed by atoms with Gasteiger partial charge in [-0.1, -0.05) is 101 Å². The molecule has 0 spiro atoms. The largest absolute Gasteiger partial charge is 0.494 e. The first kappa shape index (κ1) is 52.7. The standard InChI is InChI=1S/C49H82B2O10P2/c1-13-54-62(52,55-14-2)35-27-23-19-17-21-25-33-49(34-26-22-18-20-24-28-36-63(53,56-15-3)57-16-4)43-37-39(50-58-45(5,6)46(7,8)59-50)29-31-41(43)42-32-30-40(38-44(42)49)51-60-47(9,10)48(11,12)61-51/h29-32,37-38H,13-28,33-36H2,1-12H3. The summed E-state index contributed by atoms with van der Waals surface area (Å²) in [7, 11) is -6.93. The molecule has 2 heterocycles. The molecule has 2 fully saturated rings. The maximum atomic E-state index is 13.0. The summed E-state index contributed by atoms with van der Waals surface area (Å²) in [5.41, 5.74) is 5.40. The van der Waals surface area contributed by atoms with Crippen molar-refractivity contribution in [2.45, 2.75) is 201 Å². The van der Waals surface area contributed by atoms with Gasteiger partial charge in [-0.3, -0.25) is 9.13 Å². The van der Waals surface area contributed by atoms with Crippen molar-refractivity contribution in [1.82, 2.24) is 0 Å². The van der Waals surface area contributed by atoms with Crippen molar-refractivity contribution < 1.29 is 45.8 Å². The van der Waals surface area contributed by atoms with Crippen LogP contribution in [-0.2, 0) is 51.3 Å². The smallest absolute Gasteiger partial charge is 0.399 e. The highest BCUT2D eigenvalue weighted by Gasteiger charge is 2.54. The van der Waals surface area contributed by atoms with Gasteiger partial charge in [0.25, 0.3) is 0 Å². The zero-order chi connectivity index (χ0) is 46.2. The molecule has 354 valence electrons. The van der Waals surface area contributed by atoms with E-state index in [9.17, 15) is 9.13 Å². The fraction of sp³-hybridized carbons (Fsp3) is 0.755. The molecule has 0 unspecified atom stereocenters. The highest BCUT2D eigenvalue weighted by molar-refractivity contribution is 7.54. The van der Waals surface area contributed by atoms with Crippen LogP contribution in [0.3, 0.4) is 0 Å². The maximum absolute atomic E-state index is 13.0. The molecular weight excluding hydrogens is 832 g/mol. The van der Waals surface area contributed by atoms with Crippen LogP contribution in [0.15, 0.2) is 36.4 Å². The second-order valence-electron chi connectivity index (χ2n) is 20.0. The van der Waals surface area contributed by atoms with Gasteiger partial charge in [0.15, 0.2) is 0 Å². The number of rotatable bonds is 28. The van der Waals surface area contributed by atoms with E-state index in [2.05, 4.69) is 91.8 Å². The Balaban J connectivity index is 1.40. The van der Waals surface area contributed by atoms with Crippen LogP contribution < -0.4 is 10.9 Å². The molecule has 0 saturated carbocycles. The van der Waals surface area contributed by atoms with Crippen LogP contribution >= 0.6 is 15.2 Å². The zero-order valence-corrected chi connectivity index (χ0v) is 43.0. The molecule has 0 amide bonds. The molecule has 0 atom stereocenters. The van der Waals surface area contributed by atoms with Gasteiger partial charge in [0, 0.05) is 5.41 Å². The highest BCUT2D eigenvalue weighted by atomic mass is 31.2. The van der Waals surface area contributed by atoms with Gasteiger partial charge in [0.05, 0.1) is 61.2 Å². The number of fused-ring (bicyclic) bond motifs is 3. The average molecular weight is 915 g/mol. The molecule has 2 aromatic rings. The van der Waals surface area contributed by atoms with Crippen molar-refractivity contribution in [3.8, 4) is 11.1 Å². The third kappa shape index (κ3) is 12.6. The van der Waals surface area contributed by atoms with Crippen molar-refractivity contribution in [2.24, 2.45) is 0 Å². The maximum Gasteiger partial charge on any atom is 0.494 e. The van der Waals surface area contributed by atoms with E-state index < -0.39 is 51.8 Å². The quantitative estimate of drug-likeness (QED) is 0.0465. The minimum atomic E-state index is -3.01. The lowest BCUT2D eigenvalue weighted by molar-refractivity contribution is 0.00578. The minimum Gasteiger partial charge on any atom is -0.399 e. The molecule has 14 heteroatoms. The average Bonchev–Trinajstić information content (AvgIpc) is 3.70. The summed E-state index contributed by atoms with van der Waals surface area (Å²) in [4.78, 5) is 0. The lowest BCUT2D eigenvalue weighted by atomic mass is 9.67. The summed E-state index contributed by atoms with van der Waals surface area (Å²) in [5, 5.41) is 0. The van der Waals surface area contributed by atoms with E-state index in [1.54, 1.807) is 0 Å². The molecule has 0 aromatic heterocycles. The van der Waals surface area contributed by atoms with Gasteiger partial charge in [-0.15, -0.1) is 0 Å². The van der Waals surface area contributed by atoms with E-state index in [1.165, 1.54) is 22.3 Å². The van der Waals surface area contributed by atoms with Gasteiger partial charge < -0.3 is 36.7 Å². The Morgan fingerprint density at radius 1 is 0.444 bits per heavy atom. The van der Waals surface area contributed by atoms with Crippen molar-refractivity contribution in [1.29, 1.82) is 0 Å². The molecule has 2 saturated heterocycles. The summed E-state index contributed by atoms with van der Waals surface area (Å²) >= 11 is 0. The van der Waals surface area contributed by atoms with Crippen LogP contribution in [0.2, 0.25) is 0 Å². The molecule has 10 nitrogen and oxygen atoms in total. The summed E-state index contributed by atoms with van der Waals surface area (Å²) in [6, 6.07) is 13.8. The van der Waals surface area contributed by atoms with Gasteiger partial charge in [-0.2, -0.15) is 0 Å². The van der Waals surface area contributed by atoms with E-state index in [0.29, 0.717) is 38.8 Å². The summed E-state index contributed by atoms with van der Waals surface area (Å²) < 4.78 is 74.8. The highest BCUT2D eigenvalue weighted by Crippen LogP contribution is 2.55. The second-order valence-corrected chi connectivity index (χ2v) is 24.3. The van der Waals surface area contributed by atoms with Crippen molar-refractivity contribution >= 4 is 40.4 Å². The molecular formula is C49H82B2O10P2. The van der Waals surface area contributed by atoms with Gasteiger partial charge >= 0.3 is 29.4 Å². The van der Waals surface area contributed by atoms with E-state index in [-0.39, 0.29) is 5.41 Å². The minimum absolute atomic E-state index is 0.229. The topological polar surface area (TPSA) is 108 Å². The van der Waals surface area contributed by atoms with Gasteiger partial charge in [0.1, 0.15) is 0 Å². The summed E-state index contributed by atoms with van der Waals surface area (Å²) in [6.45, 7) is 26.0. The first-order valence-corrected chi connectivity index (χ1v) is 27.9. The SMILES string of the molecule is CCOP(=O)(CCCCCCCCC1(CCCCCCCCP(=O)(OCC)OCC)c2cc(B3OC(C)(C)C(C)(C)O3)ccc2-c2ccc(B3OC(C)(C)C(C)(C)O3)cc21)OCC. The Kier molecular flexibility index (Phi) is 18.6. The van der Waals surface area contributed by atoms with E-state index in [1.807, 2.05) is 27.7 Å². The van der Waals surface area contributed by atoms with Crippen molar-refractivity contribution in [2.75, 3.05) is 38.8 Å². The fourth-order valence-corrected chi connectivity index (χ4v) is 12.9. The summed E-state index contributed by atoms with van der Waals surface area (Å²) in [6.07, 6.45) is 15.4. The van der Waals surface area contributed by atoms with Crippen LogP contribution in [0.5, 0.6) is 0 Å². The Labute approximate surface area is 383 Å². The van der Waals surface area contributed by atoms with Crippen LogP contribution in [-0.4, -0.2) is 75.4 Å². The number of unbranched alkanes of at least 4 members (excludes halogenated alkanes) is 10. The zero-order valence-electron chi connectivity index (χ0n) is 41.2. The Morgan fingerprint density at radius 3 is 1.03 bits per heavy atom. The third-order valence-corrected chi connectivity index (χ3v) is 18.7. The monoisotopic (exact) mass is 915 g/mol. The van der Waals surface area contributed by atoms with Crippen LogP contribution in [0.1, 0.15) is 184 Å². The molecule has 2 aromatic carbocycles. The molecule has 0 bridgehead atoms. The van der Waals surface area contributed by atoms with Crippen LogP contribution in [0, 0.1) is 0 Å². The number of benzene rings is 2. The molecule has 63 heavy (non-hydrogen) atoms. The lowest BCUT2D eigenvalue weighted by Gasteiger charge is -2.33. The Morgan fingerprint density at radius 2 is 0.730 bits per heavy atom. The first-order valence-electron chi connectivity index (χ1n) is 24.5. The van der Waals surface area contributed by atoms with Gasteiger partial charge in [0.2, 0.25) is 0 Å². The molecule has 3 aliphatic rings. The van der Waals surface area contributed by atoms with Gasteiger partial charge in [-0.25, -0.2) is 0 Å². The molecule has 0 N–H and O–H groups in total. The van der Waals surface area contributed by atoms with E-state index in [4.69, 9.17) is 36.7 Å². The van der Waals surface area contributed by atoms with Crippen LogP contribution in [0.4, 0.5) is 0 Å². The van der Waals surface area contributed by atoms with E-state index >= 15 is 0 Å². The number of hydrogen-bond acceptors (Lipinski definition) is 10. The molecule has 5 rings (SSSR count). The lowest BCUT2D eigenvalue weighted by Crippen LogP contribution is -2.41. The predicted molar refractivity (Wildman–Crippen MR) is 260 cm³/mol. The molecule has 2 aliphatic heterocycles. The van der Waals surface area contributed by atoms with E-state index in [0.717, 1.165) is 101 Å². The second kappa shape index (κ2) is 22.2. The van der Waals surface area contributed by atoms with Crippen LogP contribution in [0.25, 0.3) is 11.1 Å². The van der Waals surface area contributed by atoms with Gasteiger partial charge in [-0.05, 0) is 142 Å². The Hall–Kier alpha value is -1.29. The number of hydrogen-bond donors (Lipinski definition) is 0. The molecule has 0 radical (unpaired) electrons. The third-order valence-electron chi connectivity index (χ3n) is 14.3. The fourth-order valence-electron chi connectivity index (χ4n) is 9.44. The Bertz CT molecular complexity index is 1700. The van der Waals surface area contributed by atoms with Crippen molar-refractivity contribution in [3.05, 3.63) is 47.5 Å². The first-order chi connectivity index (χ1) is 29.7. The van der Waals surface area contributed by atoms with Crippen molar-refractivity contribution in [3.63, 3.8) is 0 Å². The molecule has 1 aliphatic carbocycles. The summed E-state index contributed by atoms with van der Waals surface area (Å²) in [5.74, 6) is 0. The predicted octanol–water partition coefficient (Wildman–Crippen LogP) is 12.5.